The Hall–Kier alpha value is -2.68. The van der Waals surface area contributed by atoms with Gasteiger partial charge in [0.2, 0.25) is 0 Å². The van der Waals surface area contributed by atoms with Crippen molar-refractivity contribution >= 4 is 33.1 Å². The molecular formula is C18H22N4O4S. The lowest BCUT2D eigenvalue weighted by molar-refractivity contribution is 0.0600. The topological polar surface area (TPSA) is 101 Å². The van der Waals surface area contributed by atoms with Gasteiger partial charge in [-0.3, -0.25) is 0 Å². The molecule has 27 heavy (non-hydrogen) atoms. The maximum atomic E-state index is 11.8. The Kier molecular flexibility index (Phi) is 5.59. The van der Waals surface area contributed by atoms with Crippen LogP contribution < -0.4 is 10.2 Å². The van der Waals surface area contributed by atoms with Crippen molar-refractivity contribution in [1.82, 2.24) is 9.97 Å². The number of carbonyl (C=O) groups is 1. The number of ether oxygens (including phenoxy) is 1. The van der Waals surface area contributed by atoms with E-state index in [4.69, 9.17) is 0 Å². The molecule has 2 aromatic rings. The largest absolute Gasteiger partial charge is 0.465 e. The molecule has 2 heterocycles. The highest BCUT2D eigenvalue weighted by Crippen LogP contribution is 2.25. The Bertz CT molecular complexity index is 915. The summed E-state index contributed by atoms with van der Waals surface area (Å²) in [7, 11) is -1.63. The predicted molar refractivity (Wildman–Crippen MR) is 103 cm³/mol. The highest BCUT2D eigenvalue weighted by Gasteiger charge is 2.32. The molecular weight excluding hydrogens is 368 g/mol. The van der Waals surface area contributed by atoms with Crippen LogP contribution >= 0.6 is 0 Å². The lowest BCUT2D eigenvalue weighted by Crippen LogP contribution is -2.36. The summed E-state index contributed by atoms with van der Waals surface area (Å²) in [6.45, 7) is 2.64. The molecule has 1 unspecified atom stereocenters. The SMILES string of the molecule is CCN(c1cc(Nc2ccc(C(=O)OC)cc2)ncn1)C1CCS(=O)(=O)C1. The standard InChI is InChI=1S/C18H22N4O4S/c1-3-22(15-8-9-27(24,25)11-15)17-10-16(19-12-20-17)21-14-6-4-13(5-7-14)18(23)26-2/h4-7,10,12,15H,3,8-9,11H2,1-2H3,(H,19,20,21). The molecule has 0 spiro atoms. The number of hydrogen-bond donors (Lipinski definition) is 1. The van der Waals surface area contributed by atoms with E-state index in [0.717, 1.165) is 5.69 Å². The van der Waals surface area contributed by atoms with Crippen LogP contribution in [0.15, 0.2) is 36.7 Å². The monoisotopic (exact) mass is 390 g/mol. The summed E-state index contributed by atoms with van der Waals surface area (Å²) in [6, 6.07) is 8.57. The predicted octanol–water partition coefficient (Wildman–Crippen LogP) is 2.02. The number of esters is 1. The molecule has 1 N–H and O–H groups in total. The van der Waals surface area contributed by atoms with E-state index in [0.29, 0.717) is 30.2 Å². The van der Waals surface area contributed by atoms with E-state index in [1.54, 1.807) is 30.3 Å². The van der Waals surface area contributed by atoms with E-state index < -0.39 is 15.8 Å². The minimum atomic E-state index is -2.97. The summed E-state index contributed by atoms with van der Waals surface area (Å²) in [5.74, 6) is 1.25. The number of carbonyl (C=O) groups excluding carboxylic acids is 1. The number of methoxy groups -OCH3 is 1. The van der Waals surface area contributed by atoms with Crippen molar-refractivity contribution in [2.75, 3.05) is 35.4 Å². The highest BCUT2D eigenvalue weighted by atomic mass is 32.2. The molecule has 1 aromatic heterocycles. The number of rotatable bonds is 6. The molecule has 0 amide bonds. The molecule has 0 radical (unpaired) electrons. The van der Waals surface area contributed by atoms with Gasteiger partial charge in [0.15, 0.2) is 9.84 Å². The fraction of sp³-hybridized carbons (Fsp3) is 0.389. The van der Waals surface area contributed by atoms with Crippen molar-refractivity contribution in [2.45, 2.75) is 19.4 Å². The molecule has 1 aliphatic rings. The third-order valence-corrected chi connectivity index (χ3v) is 6.27. The van der Waals surface area contributed by atoms with Gasteiger partial charge in [-0.15, -0.1) is 0 Å². The van der Waals surface area contributed by atoms with Crippen LogP contribution in [0.4, 0.5) is 17.3 Å². The summed E-state index contributed by atoms with van der Waals surface area (Å²) in [5.41, 5.74) is 1.23. The maximum Gasteiger partial charge on any atom is 0.337 e. The summed E-state index contributed by atoms with van der Waals surface area (Å²) in [4.78, 5) is 22.0. The smallest absolute Gasteiger partial charge is 0.337 e. The Morgan fingerprint density at radius 2 is 2.04 bits per heavy atom. The third-order valence-electron chi connectivity index (χ3n) is 4.52. The molecule has 1 fully saturated rings. The number of nitrogens with zero attached hydrogens (tertiary/aromatic N) is 3. The summed E-state index contributed by atoms with van der Waals surface area (Å²) >= 11 is 0. The zero-order chi connectivity index (χ0) is 19.4. The van der Waals surface area contributed by atoms with Crippen LogP contribution in [0.1, 0.15) is 23.7 Å². The average molecular weight is 390 g/mol. The van der Waals surface area contributed by atoms with Crippen LogP contribution in [-0.4, -0.2) is 55.6 Å². The van der Waals surface area contributed by atoms with Crippen molar-refractivity contribution in [2.24, 2.45) is 0 Å². The number of sulfone groups is 1. The van der Waals surface area contributed by atoms with E-state index in [2.05, 4.69) is 20.0 Å². The number of nitrogens with one attached hydrogen (secondary N) is 1. The zero-order valence-electron chi connectivity index (χ0n) is 15.3. The van der Waals surface area contributed by atoms with Crippen molar-refractivity contribution in [3.63, 3.8) is 0 Å². The van der Waals surface area contributed by atoms with Crippen molar-refractivity contribution < 1.29 is 17.9 Å². The van der Waals surface area contributed by atoms with Crippen LogP contribution in [0.5, 0.6) is 0 Å². The molecule has 0 aliphatic carbocycles. The van der Waals surface area contributed by atoms with Gasteiger partial charge in [0.05, 0.1) is 24.2 Å². The first kappa shape index (κ1) is 19.1. The van der Waals surface area contributed by atoms with Gasteiger partial charge < -0.3 is 15.0 Å². The maximum absolute atomic E-state index is 11.8. The number of anilines is 3. The van der Waals surface area contributed by atoms with E-state index in [1.165, 1.54) is 13.4 Å². The number of hydrogen-bond acceptors (Lipinski definition) is 8. The zero-order valence-corrected chi connectivity index (χ0v) is 16.1. The first-order chi connectivity index (χ1) is 12.9. The van der Waals surface area contributed by atoms with Crippen molar-refractivity contribution in [3.05, 3.63) is 42.2 Å². The van der Waals surface area contributed by atoms with Crippen LogP contribution in [0.2, 0.25) is 0 Å². The molecule has 1 atom stereocenters. The van der Waals surface area contributed by atoms with Gasteiger partial charge in [0.25, 0.3) is 0 Å². The highest BCUT2D eigenvalue weighted by molar-refractivity contribution is 7.91. The minimum absolute atomic E-state index is 0.0675. The van der Waals surface area contributed by atoms with E-state index in [9.17, 15) is 13.2 Å². The number of benzene rings is 1. The second kappa shape index (κ2) is 7.91. The van der Waals surface area contributed by atoms with Gasteiger partial charge in [-0.1, -0.05) is 0 Å². The van der Waals surface area contributed by atoms with E-state index >= 15 is 0 Å². The molecule has 0 saturated carbocycles. The molecule has 1 aromatic carbocycles. The fourth-order valence-corrected chi connectivity index (χ4v) is 4.89. The van der Waals surface area contributed by atoms with Gasteiger partial charge in [-0.2, -0.15) is 0 Å². The molecule has 1 saturated heterocycles. The normalized spacial score (nSPS) is 18.1. The van der Waals surface area contributed by atoms with Gasteiger partial charge >= 0.3 is 5.97 Å². The summed E-state index contributed by atoms with van der Waals surface area (Å²) < 4.78 is 28.3. The minimum Gasteiger partial charge on any atom is -0.465 e. The van der Waals surface area contributed by atoms with Gasteiger partial charge in [0, 0.05) is 24.3 Å². The molecule has 3 rings (SSSR count). The Morgan fingerprint density at radius 1 is 1.30 bits per heavy atom. The molecule has 0 bridgehead atoms. The quantitative estimate of drug-likeness (QED) is 0.748. The second-order valence-corrected chi connectivity index (χ2v) is 8.53. The number of aromatic nitrogens is 2. The Morgan fingerprint density at radius 3 is 2.63 bits per heavy atom. The molecule has 144 valence electrons. The molecule has 9 heteroatoms. The Balaban J connectivity index is 1.76. The molecule has 8 nitrogen and oxygen atoms in total. The summed E-state index contributed by atoms with van der Waals surface area (Å²) in [6.07, 6.45) is 2.06. The van der Waals surface area contributed by atoms with E-state index in [1.807, 2.05) is 11.8 Å². The first-order valence-electron chi connectivity index (χ1n) is 8.66. The van der Waals surface area contributed by atoms with Crippen molar-refractivity contribution in [3.8, 4) is 0 Å². The lowest BCUT2D eigenvalue weighted by atomic mass is 10.2. The van der Waals surface area contributed by atoms with Crippen LogP contribution in [0, 0.1) is 0 Å². The van der Waals surface area contributed by atoms with Crippen LogP contribution in [0.25, 0.3) is 0 Å². The van der Waals surface area contributed by atoms with Gasteiger partial charge in [-0.05, 0) is 37.6 Å². The van der Waals surface area contributed by atoms with Gasteiger partial charge in [0.1, 0.15) is 18.0 Å². The first-order valence-corrected chi connectivity index (χ1v) is 10.5. The fourth-order valence-electron chi connectivity index (χ4n) is 3.16. The van der Waals surface area contributed by atoms with Gasteiger partial charge in [-0.25, -0.2) is 23.2 Å². The van der Waals surface area contributed by atoms with Crippen LogP contribution in [-0.2, 0) is 14.6 Å². The second-order valence-electron chi connectivity index (χ2n) is 6.30. The van der Waals surface area contributed by atoms with Crippen molar-refractivity contribution in [1.29, 1.82) is 0 Å². The van der Waals surface area contributed by atoms with Crippen LogP contribution in [0.3, 0.4) is 0 Å². The molecule has 1 aliphatic heterocycles. The third kappa shape index (κ3) is 4.54. The summed E-state index contributed by atoms with van der Waals surface area (Å²) in [5, 5.41) is 3.17. The average Bonchev–Trinajstić information content (AvgIpc) is 3.02. The van der Waals surface area contributed by atoms with E-state index in [-0.39, 0.29) is 17.5 Å². The lowest BCUT2D eigenvalue weighted by Gasteiger charge is -2.28. The Labute approximate surface area is 158 Å².